The highest BCUT2D eigenvalue weighted by Crippen LogP contribution is 2.22. The average molecular weight is 373 g/mol. The van der Waals surface area contributed by atoms with E-state index in [0.717, 1.165) is 11.3 Å². The van der Waals surface area contributed by atoms with Gasteiger partial charge in [0.2, 0.25) is 11.7 Å². The quantitative estimate of drug-likeness (QED) is 0.536. The molecule has 7 nitrogen and oxygen atoms in total. The Kier molecular flexibility index (Phi) is 4.72. The molecule has 0 aliphatic carbocycles. The Balaban J connectivity index is 1.50. The van der Waals surface area contributed by atoms with E-state index in [4.69, 9.17) is 4.52 Å². The lowest BCUT2D eigenvalue weighted by molar-refractivity contribution is 0.0760. The minimum Gasteiger partial charge on any atom is -0.340 e. The number of rotatable bonds is 5. The second-order valence-corrected chi connectivity index (χ2v) is 6.42. The number of aromatic nitrogens is 4. The van der Waals surface area contributed by atoms with E-state index in [1.165, 1.54) is 0 Å². The van der Waals surface area contributed by atoms with Gasteiger partial charge in [-0.05, 0) is 29.8 Å². The summed E-state index contributed by atoms with van der Waals surface area (Å²) in [7, 11) is 3.59. The molecule has 0 saturated heterocycles. The summed E-state index contributed by atoms with van der Waals surface area (Å²) in [5.74, 6) is 0.637. The number of pyridine rings is 1. The summed E-state index contributed by atoms with van der Waals surface area (Å²) in [6.07, 6.45) is 1.67. The first-order valence-corrected chi connectivity index (χ1v) is 8.84. The fourth-order valence-electron chi connectivity index (χ4n) is 3.01. The van der Waals surface area contributed by atoms with E-state index < -0.39 is 0 Å². The zero-order valence-electron chi connectivity index (χ0n) is 15.6. The minimum absolute atomic E-state index is 0.123. The normalized spacial score (nSPS) is 10.8. The van der Waals surface area contributed by atoms with E-state index in [1.807, 2.05) is 66.2 Å². The predicted molar refractivity (Wildman–Crippen MR) is 104 cm³/mol. The Bertz CT molecular complexity index is 1090. The van der Waals surface area contributed by atoms with Crippen molar-refractivity contribution in [1.29, 1.82) is 0 Å². The molecule has 28 heavy (non-hydrogen) atoms. The summed E-state index contributed by atoms with van der Waals surface area (Å²) in [6.45, 7) is 0.213. The van der Waals surface area contributed by atoms with Crippen LogP contribution in [-0.2, 0) is 13.6 Å². The Labute approximate surface area is 162 Å². The fraction of sp³-hybridized carbons (Fsp3) is 0.143. The summed E-state index contributed by atoms with van der Waals surface area (Å²) < 4.78 is 7.17. The van der Waals surface area contributed by atoms with Gasteiger partial charge in [0.05, 0.1) is 0 Å². The molecule has 0 aliphatic heterocycles. The summed E-state index contributed by atoms with van der Waals surface area (Å²) in [5.41, 5.74) is 3.25. The molecule has 7 heteroatoms. The lowest BCUT2D eigenvalue weighted by Gasteiger charge is -2.16. The zero-order valence-corrected chi connectivity index (χ0v) is 15.6. The van der Waals surface area contributed by atoms with Gasteiger partial charge in [0.25, 0.3) is 5.91 Å². The summed E-state index contributed by atoms with van der Waals surface area (Å²) in [4.78, 5) is 23.0. The minimum atomic E-state index is -0.123. The standard InChI is InChI=1S/C21H19N5O2/c1-25(14-19-23-20(24-28-19)16-10-6-7-13-22-16)21(27)18-12-11-17(26(18)2)15-8-4-3-5-9-15/h3-13H,14H2,1-2H3. The predicted octanol–water partition coefficient (Wildman–Crippen LogP) is 3.41. The van der Waals surface area contributed by atoms with Crippen LogP contribution in [0.4, 0.5) is 0 Å². The smallest absolute Gasteiger partial charge is 0.270 e. The first kappa shape index (κ1) is 17.7. The van der Waals surface area contributed by atoms with Crippen molar-refractivity contribution in [2.75, 3.05) is 7.05 Å². The summed E-state index contributed by atoms with van der Waals surface area (Å²) in [6, 6.07) is 19.2. The molecule has 0 atom stereocenters. The molecule has 0 bridgehead atoms. The highest BCUT2D eigenvalue weighted by atomic mass is 16.5. The van der Waals surface area contributed by atoms with Crippen LogP contribution in [0.3, 0.4) is 0 Å². The molecule has 0 unspecified atom stereocenters. The number of hydrogen-bond donors (Lipinski definition) is 0. The van der Waals surface area contributed by atoms with Gasteiger partial charge in [-0.15, -0.1) is 0 Å². The molecule has 0 saturated carbocycles. The van der Waals surface area contributed by atoms with Crippen molar-refractivity contribution in [2.24, 2.45) is 7.05 Å². The maximum Gasteiger partial charge on any atom is 0.270 e. The third-order valence-corrected chi connectivity index (χ3v) is 4.49. The molecule has 4 aromatic rings. The van der Waals surface area contributed by atoms with Crippen LogP contribution in [0.1, 0.15) is 16.4 Å². The number of amides is 1. The molecular formula is C21H19N5O2. The van der Waals surface area contributed by atoms with Crippen LogP contribution in [0.5, 0.6) is 0 Å². The van der Waals surface area contributed by atoms with E-state index in [0.29, 0.717) is 23.1 Å². The van der Waals surface area contributed by atoms with Crippen molar-refractivity contribution in [3.8, 4) is 22.8 Å². The Morgan fingerprint density at radius 1 is 1.07 bits per heavy atom. The third kappa shape index (κ3) is 3.42. The van der Waals surface area contributed by atoms with Gasteiger partial charge in [-0.1, -0.05) is 41.6 Å². The molecule has 4 rings (SSSR count). The van der Waals surface area contributed by atoms with Crippen LogP contribution in [-0.4, -0.2) is 37.5 Å². The average Bonchev–Trinajstić information content (AvgIpc) is 3.35. The fourth-order valence-corrected chi connectivity index (χ4v) is 3.01. The monoisotopic (exact) mass is 373 g/mol. The number of benzene rings is 1. The van der Waals surface area contributed by atoms with Crippen LogP contribution in [0.25, 0.3) is 22.8 Å². The van der Waals surface area contributed by atoms with Gasteiger partial charge in [0.1, 0.15) is 17.9 Å². The summed E-state index contributed by atoms with van der Waals surface area (Å²) >= 11 is 0. The SMILES string of the molecule is CN(Cc1nc(-c2ccccn2)no1)C(=O)c1ccc(-c2ccccc2)n1C. The molecule has 0 spiro atoms. The Morgan fingerprint density at radius 3 is 2.61 bits per heavy atom. The number of nitrogens with zero attached hydrogens (tertiary/aromatic N) is 5. The highest BCUT2D eigenvalue weighted by molar-refractivity contribution is 5.93. The molecule has 0 N–H and O–H groups in total. The van der Waals surface area contributed by atoms with Crippen molar-refractivity contribution in [3.63, 3.8) is 0 Å². The molecule has 0 radical (unpaired) electrons. The van der Waals surface area contributed by atoms with E-state index in [-0.39, 0.29) is 12.5 Å². The second kappa shape index (κ2) is 7.48. The van der Waals surface area contributed by atoms with Crippen molar-refractivity contribution < 1.29 is 9.32 Å². The number of carbonyl (C=O) groups excluding carboxylic acids is 1. The van der Waals surface area contributed by atoms with E-state index in [2.05, 4.69) is 15.1 Å². The maximum absolute atomic E-state index is 12.9. The third-order valence-electron chi connectivity index (χ3n) is 4.49. The van der Waals surface area contributed by atoms with Crippen LogP contribution in [0, 0.1) is 0 Å². The maximum atomic E-state index is 12.9. The van der Waals surface area contributed by atoms with E-state index in [9.17, 15) is 4.79 Å². The second-order valence-electron chi connectivity index (χ2n) is 6.42. The van der Waals surface area contributed by atoms with Crippen LogP contribution < -0.4 is 0 Å². The molecule has 1 aromatic carbocycles. The van der Waals surface area contributed by atoms with Crippen LogP contribution in [0.15, 0.2) is 71.4 Å². The van der Waals surface area contributed by atoms with Gasteiger partial charge in [-0.3, -0.25) is 9.78 Å². The van der Waals surface area contributed by atoms with Gasteiger partial charge in [-0.25, -0.2) is 0 Å². The van der Waals surface area contributed by atoms with Crippen molar-refractivity contribution in [3.05, 3.63) is 78.4 Å². The summed E-state index contributed by atoms with van der Waals surface area (Å²) in [5, 5.41) is 3.94. The van der Waals surface area contributed by atoms with E-state index in [1.54, 1.807) is 24.2 Å². The van der Waals surface area contributed by atoms with Gasteiger partial charge < -0.3 is 14.0 Å². The van der Waals surface area contributed by atoms with Crippen LogP contribution in [0.2, 0.25) is 0 Å². The lowest BCUT2D eigenvalue weighted by Crippen LogP contribution is -2.28. The Morgan fingerprint density at radius 2 is 1.86 bits per heavy atom. The molecule has 3 aromatic heterocycles. The number of carbonyl (C=O) groups is 1. The van der Waals surface area contributed by atoms with Crippen molar-refractivity contribution in [1.82, 2.24) is 24.6 Å². The van der Waals surface area contributed by atoms with Gasteiger partial charge in [0.15, 0.2) is 0 Å². The molecule has 0 fully saturated rings. The van der Waals surface area contributed by atoms with Gasteiger partial charge in [-0.2, -0.15) is 4.98 Å². The lowest BCUT2D eigenvalue weighted by atomic mass is 10.2. The van der Waals surface area contributed by atoms with Gasteiger partial charge in [0, 0.05) is 26.0 Å². The zero-order chi connectivity index (χ0) is 19.5. The van der Waals surface area contributed by atoms with Crippen molar-refractivity contribution in [2.45, 2.75) is 6.54 Å². The molecular weight excluding hydrogens is 354 g/mol. The topological polar surface area (TPSA) is 77.1 Å². The molecule has 140 valence electrons. The number of hydrogen-bond acceptors (Lipinski definition) is 5. The van der Waals surface area contributed by atoms with Gasteiger partial charge >= 0.3 is 0 Å². The Hall–Kier alpha value is -3.74. The molecule has 0 aliphatic rings. The van der Waals surface area contributed by atoms with Crippen LogP contribution >= 0.6 is 0 Å². The first-order chi connectivity index (χ1) is 13.6. The largest absolute Gasteiger partial charge is 0.340 e. The molecule has 1 amide bonds. The van der Waals surface area contributed by atoms with Crippen molar-refractivity contribution >= 4 is 5.91 Å². The van der Waals surface area contributed by atoms with E-state index >= 15 is 0 Å². The first-order valence-electron chi connectivity index (χ1n) is 8.84. The highest BCUT2D eigenvalue weighted by Gasteiger charge is 2.20. The molecule has 3 heterocycles.